The van der Waals surface area contributed by atoms with E-state index >= 15 is 0 Å². The van der Waals surface area contributed by atoms with Crippen molar-refractivity contribution in [3.63, 3.8) is 0 Å². The molecule has 3 rings (SSSR count). The number of hydrogen-bond acceptors (Lipinski definition) is 3. The van der Waals surface area contributed by atoms with E-state index in [-0.39, 0.29) is 6.10 Å². The van der Waals surface area contributed by atoms with Gasteiger partial charge in [-0.05, 0) is 31.7 Å². The topological polar surface area (TPSA) is 32.7 Å². The molecule has 2 aliphatic rings. The van der Waals surface area contributed by atoms with E-state index in [9.17, 15) is 5.11 Å². The first-order chi connectivity index (χ1) is 9.31. The van der Waals surface area contributed by atoms with Crippen molar-refractivity contribution in [1.29, 1.82) is 0 Å². The van der Waals surface area contributed by atoms with Crippen LogP contribution in [0.4, 0.5) is 5.69 Å². The first kappa shape index (κ1) is 12.9. The van der Waals surface area contributed by atoms with E-state index in [4.69, 9.17) is 4.74 Å². The van der Waals surface area contributed by atoms with E-state index in [1.165, 1.54) is 24.9 Å². The third-order valence-corrected chi connectivity index (χ3v) is 4.47. The maximum Gasteiger partial charge on any atom is 0.0807 e. The van der Waals surface area contributed by atoms with Crippen molar-refractivity contribution in [2.45, 2.75) is 50.9 Å². The lowest BCUT2D eigenvalue weighted by Gasteiger charge is -2.40. The zero-order chi connectivity index (χ0) is 13.2. The summed E-state index contributed by atoms with van der Waals surface area (Å²) in [4.78, 5) is 2.47. The van der Waals surface area contributed by atoms with Gasteiger partial charge in [0.25, 0.3) is 0 Å². The summed E-state index contributed by atoms with van der Waals surface area (Å²) < 4.78 is 5.88. The van der Waals surface area contributed by atoms with Crippen LogP contribution < -0.4 is 4.90 Å². The standard InChI is InChI=1S/C16H23NO2/c1-2-15(18)12-6-3-4-7-13(12)17-10-11-19-16-9-5-8-14(16)17/h3-4,6-7,14-16,18H,2,5,8-11H2,1H3. The van der Waals surface area contributed by atoms with Crippen LogP contribution in [0.3, 0.4) is 0 Å². The Bertz CT molecular complexity index is 435. The molecule has 1 aromatic carbocycles. The molecular weight excluding hydrogens is 238 g/mol. The molecule has 3 unspecified atom stereocenters. The third-order valence-electron chi connectivity index (χ3n) is 4.47. The average molecular weight is 261 g/mol. The fourth-order valence-electron chi connectivity index (χ4n) is 3.48. The SMILES string of the molecule is CCC(O)c1ccccc1N1CCOC2CCCC21. The zero-order valence-corrected chi connectivity index (χ0v) is 11.6. The summed E-state index contributed by atoms with van der Waals surface area (Å²) in [6.45, 7) is 3.77. The molecule has 0 aromatic heterocycles. The van der Waals surface area contributed by atoms with Crippen LogP contribution in [0, 0.1) is 0 Å². The van der Waals surface area contributed by atoms with Crippen molar-refractivity contribution in [2.24, 2.45) is 0 Å². The first-order valence-electron chi connectivity index (χ1n) is 7.46. The number of ether oxygens (including phenoxy) is 1. The lowest BCUT2D eigenvalue weighted by molar-refractivity contribution is 0.0253. The van der Waals surface area contributed by atoms with Gasteiger partial charge in [-0.3, -0.25) is 0 Å². The maximum atomic E-state index is 10.2. The summed E-state index contributed by atoms with van der Waals surface area (Å²) in [7, 11) is 0. The molecule has 0 radical (unpaired) electrons. The molecule has 1 N–H and O–H groups in total. The molecule has 1 heterocycles. The van der Waals surface area contributed by atoms with Crippen molar-refractivity contribution in [1.82, 2.24) is 0 Å². The number of anilines is 1. The molecule has 1 saturated heterocycles. The molecule has 1 aromatic rings. The predicted octanol–water partition coefficient (Wildman–Crippen LogP) is 2.89. The third kappa shape index (κ3) is 2.37. The maximum absolute atomic E-state index is 10.2. The van der Waals surface area contributed by atoms with Gasteiger partial charge in [0.05, 0.1) is 24.9 Å². The largest absolute Gasteiger partial charge is 0.388 e. The highest BCUT2D eigenvalue weighted by Gasteiger charge is 2.37. The Morgan fingerprint density at radius 2 is 2.21 bits per heavy atom. The molecule has 2 fully saturated rings. The summed E-state index contributed by atoms with van der Waals surface area (Å²) in [6.07, 6.45) is 4.43. The molecule has 104 valence electrons. The summed E-state index contributed by atoms with van der Waals surface area (Å²) in [5.41, 5.74) is 2.27. The van der Waals surface area contributed by atoms with Crippen LogP contribution in [-0.4, -0.2) is 30.4 Å². The smallest absolute Gasteiger partial charge is 0.0807 e. The van der Waals surface area contributed by atoms with Crippen molar-refractivity contribution >= 4 is 5.69 Å². The minimum Gasteiger partial charge on any atom is -0.388 e. The van der Waals surface area contributed by atoms with Crippen molar-refractivity contribution in [3.05, 3.63) is 29.8 Å². The fourth-order valence-corrected chi connectivity index (χ4v) is 3.48. The predicted molar refractivity (Wildman–Crippen MR) is 76.4 cm³/mol. The second kappa shape index (κ2) is 5.51. The fraction of sp³-hybridized carbons (Fsp3) is 0.625. The lowest BCUT2D eigenvalue weighted by atomic mass is 10.0. The van der Waals surface area contributed by atoms with Crippen LogP contribution in [0.1, 0.15) is 44.3 Å². The first-order valence-corrected chi connectivity index (χ1v) is 7.46. The van der Waals surface area contributed by atoms with Crippen LogP contribution in [0.5, 0.6) is 0 Å². The monoisotopic (exact) mass is 261 g/mol. The Hall–Kier alpha value is -1.06. The van der Waals surface area contributed by atoms with E-state index in [0.717, 1.165) is 25.1 Å². The normalized spacial score (nSPS) is 28.2. The quantitative estimate of drug-likeness (QED) is 0.908. The number of rotatable bonds is 3. The molecule has 19 heavy (non-hydrogen) atoms. The van der Waals surface area contributed by atoms with Crippen LogP contribution in [0.2, 0.25) is 0 Å². The molecule has 1 aliphatic heterocycles. The summed E-state index contributed by atoms with van der Waals surface area (Å²) in [5, 5.41) is 10.2. The minimum atomic E-state index is -0.362. The Balaban J connectivity index is 1.92. The second-order valence-corrected chi connectivity index (χ2v) is 5.58. The summed E-state index contributed by atoms with van der Waals surface area (Å²) in [5.74, 6) is 0. The van der Waals surface area contributed by atoms with E-state index in [2.05, 4.69) is 23.1 Å². The Labute approximate surface area is 115 Å². The Morgan fingerprint density at radius 1 is 1.37 bits per heavy atom. The van der Waals surface area contributed by atoms with Gasteiger partial charge >= 0.3 is 0 Å². The number of para-hydroxylation sites is 1. The molecule has 1 aliphatic carbocycles. The number of hydrogen-bond donors (Lipinski definition) is 1. The van der Waals surface area contributed by atoms with Crippen molar-refractivity contribution < 1.29 is 9.84 Å². The number of nitrogens with zero attached hydrogens (tertiary/aromatic N) is 1. The van der Waals surface area contributed by atoms with Gasteiger partial charge in [-0.1, -0.05) is 25.1 Å². The van der Waals surface area contributed by atoms with Crippen molar-refractivity contribution in [2.75, 3.05) is 18.1 Å². The van der Waals surface area contributed by atoms with Crippen molar-refractivity contribution in [3.8, 4) is 0 Å². The molecule has 0 amide bonds. The Morgan fingerprint density at radius 3 is 3.05 bits per heavy atom. The average Bonchev–Trinajstić information content (AvgIpc) is 2.94. The number of aliphatic hydroxyl groups is 1. The Kier molecular flexibility index (Phi) is 3.76. The minimum absolute atomic E-state index is 0.362. The molecule has 1 saturated carbocycles. The van der Waals surface area contributed by atoms with Crippen LogP contribution in [0.15, 0.2) is 24.3 Å². The van der Waals surface area contributed by atoms with Crippen LogP contribution in [0.25, 0.3) is 0 Å². The van der Waals surface area contributed by atoms with Gasteiger partial charge in [0, 0.05) is 17.8 Å². The van der Waals surface area contributed by atoms with Gasteiger partial charge in [0.15, 0.2) is 0 Å². The number of benzene rings is 1. The van der Waals surface area contributed by atoms with Crippen LogP contribution in [-0.2, 0) is 4.74 Å². The van der Waals surface area contributed by atoms with E-state index in [0.29, 0.717) is 12.1 Å². The number of morpholine rings is 1. The lowest BCUT2D eigenvalue weighted by Crippen LogP contribution is -2.49. The zero-order valence-electron chi connectivity index (χ0n) is 11.6. The van der Waals surface area contributed by atoms with Gasteiger partial charge < -0.3 is 14.7 Å². The van der Waals surface area contributed by atoms with Gasteiger partial charge in [0.1, 0.15) is 0 Å². The number of aliphatic hydroxyl groups excluding tert-OH is 1. The second-order valence-electron chi connectivity index (χ2n) is 5.58. The molecular formula is C16H23NO2. The highest BCUT2D eigenvalue weighted by atomic mass is 16.5. The summed E-state index contributed by atoms with van der Waals surface area (Å²) >= 11 is 0. The number of fused-ring (bicyclic) bond motifs is 1. The van der Waals surface area contributed by atoms with Crippen LogP contribution >= 0.6 is 0 Å². The van der Waals surface area contributed by atoms with Gasteiger partial charge in [0.2, 0.25) is 0 Å². The molecule has 0 bridgehead atoms. The highest BCUT2D eigenvalue weighted by molar-refractivity contribution is 5.56. The molecule has 3 heteroatoms. The highest BCUT2D eigenvalue weighted by Crippen LogP contribution is 2.36. The van der Waals surface area contributed by atoms with Gasteiger partial charge in [-0.25, -0.2) is 0 Å². The van der Waals surface area contributed by atoms with Gasteiger partial charge in [-0.15, -0.1) is 0 Å². The van der Waals surface area contributed by atoms with E-state index < -0.39 is 0 Å². The summed E-state index contributed by atoms with van der Waals surface area (Å²) in [6, 6.07) is 8.79. The molecule has 0 spiro atoms. The van der Waals surface area contributed by atoms with E-state index in [1.54, 1.807) is 0 Å². The van der Waals surface area contributed by atoms with Gasteiger partial charge in [-0.2, -0.15) is 0 Å². The molecule has 3 nitrogen and oxygen atoms in total. The van der Waals surface area contributed by atoms with E-state index in [1.807, 2.05) is 13.0 Å². The molecule has 3 atom stereocenters.